The first kappa shape index (κ1) is 12.9. The summed E-state index contributed by atoms with van der Waals surface area (Å²) in [6, 6.07) is 14.3. The number of hydrogen-bond donors (Lipinski definition) is 0. The van der Waals surface area contributed by atoms with Gasteiger partial charge in [0, 0.05) is 15.6 Å². The zero-order chi connectivity index (χ0) is 13.9. The van der Waals surface area contributed by atoms with Crippen molar-refractivity contribution < 1.29 is 13.9 Å². The lowest BCUT2D eigenvalue weighted by Crippen LogP contribution is -1.93. The SMILES string of the molecule is COc1cccc(OCc2cc3ccc(F)cc3s2)c1. The highest BCUT2D eigenvalue weighted by atomic mass is 32.1. The molecule has 0 radical (unpaired) electrons. The standard InChI is InChI=1S/C16H13FO2S/c1-18-13-3-2-4-14(9-13)19-10-15-7-11-5-6-12(17)8-16(11)20-15/h2-9H,10H2,1H3. The smallest absolute Gasteiger partial charge is 0.124 e. The third kappa shape index (κ3) is 2.75. The second kappa shape index (κ2) is 5.51. The zero-order valence-corrected chi connectivity index (χ0v) is 11.7. The molecule has 0 aliphatic rings. The molecule has 0 fully saturated rings. The minimum atomic E-state index is -0.209. The molecule has 0 aliphatic carbocycles. The van der Waals surface area contributed by atoms with Crippen molar-refractivity contribution in [3.05, 3.63) is 59.2 Å². The zero-order valence-electron chi connectivity index (χ0n) is 10.9. The van der Waals surface area contributed by atoms with E-state index < -0.39 is 0 Å². The molecule has 0 bridgehead atoms. The van der Waals surface area contributed by atoms with Crippen molar-refractivity contribution in [3.8, 4) is 11.5 Å². The van der Waals surface area contributed by atoms with E-state index in [0.29, 0.717) is 6.61 Å². The topological polar surface area (TPSA) is 18.5 Å². The lowest BCUT2D eigenvalue weighted by molar-refractivity contribution is 0.307. The van der Waals surface area contributed by atoms with Gasteiger partial charge in [0.2, 0.25) is 0 Å². The van der Waals surface area contributed by atoms with Crippen molar-refractivity contribution in [2.45, 2.75) is 6.61 Å². The molecule has 3 aromatic rings. The summed E-state index contributed by atoms with van der Waals surface area (Å²) in [5, 5.41) is 1.04. The first-order valence-corrected chi connectivity index (χ1v) is 7.01. The Hall–Kier alpha value is -2.07. The van der Waals surface area contributed by atoms with Crippen LogP contribution in [-0.4, -0.2) is 7.11 Å². The molecular weight excluding hydrogens is 275 g/mol. The van der Waals surface area contributed by atoms with Gasteiger partial charge in [-0.2, -0.15) is 0 Å². The normalized spacial score (nSPS) is 10.7. The van der Waals surface area contributed by atoms with Crippen LogP contribution < -0.4 is 9.47 Å². The fraction of sp³-hybridized carbons (Fsp3) is 0.125. The van der Waals surface area contributed by atoms with Crippen molar-refractivity contribution in [1.82, 2.24) is 0 Å². The van der Waals surface area contributed by atoms with E-state index in [0.717, 1.165) is 26.5 Å². The highest BCUT2D eigenvalue weighted by molar-refractivity contribution is 7.19. The third-order valence-electron chi connectivity index (χ3n) is 2.96. The van der Waals surface area contributed by atoms with Gasteiger partial charge in [-0.3, -0.25) is 0 Å². The Balaban J connectivity index is 1.76. The Bertz CT molecular complexity index is 736. The van der Waals surface area contributed by atoms with Gasteiger partial charge in [0.15, 0.2) is 0 Å². The molecule has 0 spiro atoms. The molecule has 1 aromatic heterocycles. The summed E-state index contributed by atoms with van der Waals surface area (Å²) in [5.74, 6) is 1.31. The van der Waals surface area contributed by atoms with Crippen LogP contribution in [0, 0.1) is 5.82 Å². The van der Waals surface area contributed by atoms with Gasteiger partial charge in [0.25, 0.3) is 0 Å². The Morgan fingerprint density at radius 2 is 1.90 bits per heavy atom. The number of fused-ring (bicyclic) bond motifs is 1. The van der Waals surface area contributed by atoms with E-state index in [1.807, 2.05) is 30.3 Å². The van der Waals surface area contributed by atoms with Crippen LogP contribution in [0.15, 0.2) is 48.5 Å². The lowest BCUT2D eigenvalue weighted by atomic mass is 10.2. The second-order valence-corrected chi connectivity index (χ2v) is 5.53. The van der Waals surface area contributed by atoms with Crippen LogP contribution >= 0.6 is 11.3 Å². The summed E-state index contributed by atoms with van der Waals surface area (Å²) in [6.45, 7) is 0.466. The minimum Gasteiger partial charge on any atom is -0.497 e. The van der Waals surface area contributed by atoms with Gasteiger partial charge in [-0.25, -0.2) is 4.39 Å². The molecule has 0 N–H and O–H groups in total. The Morgan fingerprint density at radius 3 is 2.75 bits per heavy atom. The fourth-order valence-corrected chi connectivity index (χ4v) is 2.98. The largest absolute Gasteiger partial charge is 0.497 e. The van der Waals surface area contributed by atoms with E-state index in [2.05, 4.69) is 0 Å². The molecule has 0 unspecified atom stereocenters. The summed E-state index contributed by atoms with van der Waals surface area (Å²) in [4.78, 5) is 1.06. The van der Waals surface area contributed by atoms with Crippen LogP contribution in [0.4, 0.5) is 4.39 Å². The summed E-state index contributed by atoms with van der Waals surface area (Å²) in [7, 11) is 1.62. The van der Waals surface area contributed by atoms with Crippen molar-refractivity contribution in [2.24, 2.45) is 0 Å². The van der Waals surface area contributed by atoms with Gasteiger partial charge in [-0.1, -0.05) is 12.1 Å². The molecule has 2 aromatic carbocycles. The quantitative estimate of drug-likeness (QED) is 0.697. The number of methoxy groups -OCH3 is 1. The number of halogens is 1. The van der Waals surface area contributed by atoms with Crippen LogP contribution in [0.1, 0.15) is 4.88 Å². The first-order chi connectivity index (χ1) is 9.74. The van der Waals surface area contributed by atoms with E-state index in [1.54, 1.807) is 30.6 Å². The second-order valence-electron chi connectivity index (χ2n) is 4.36. The first-order valence-electron chi connectivity index (χ1n) is 6.19. The Labute approximate surface area is 120 Å². The van der Waals surface area contributed by atoms with Crippen molar-refractivity contribution >= 4 is 21.4 Å². The van der Waals surface area contributed by atoms with Crippen molar-refractivity contribution in [1.29, 1.82) is 0 Å². The summed E-state index contributed by atoms with van der Waals surface area (Å²) < 4.78 is 25.0. The van der Waals surface area contributed by atoms with E-state index in [9.17, 15) is 4.39 Å². The maximum absolute atomic E-state index is 13.1. The van der Waals surface area contributed by atoms with Crippen molar-refractivity contribution in [3.63, 3.8) is 0 Å². The number of ether oxygens (including phenoxy) is 2. The molecule has 0 saturated carbocycles. The average molecular weight is 288 g/mol. The molecule has 0 amide bonds. The van der Waals surface area contributed by atoms with Crippen LogP contribution in [0.25, 0.3) is 10.1 Å². The van der Waals surface area contributed by atoms with Crippen LogP contribution in [0.2, 0.25) is 0 Å². The molecule has 0 atom stereocenters. The number of hydrogen-bond acceptors (Lipinski definition) is 3. The minimum absolute atomic E-state index is 0.209. The monoisotopic (exact) mass is 288 g/mol. The molecule has 2 nitrogen and oxygen atoms in total. The number of thiophene rings is 1. The van der Waals surface area contributed by atoms with E-state index >= 15 is 0 Å². The molecule has 3 rings (SSSR count). The molecule has 0 aliphatic heterocycles. The van der Waals surface area contributed by atoms with Gasteiger partial charge < -0.3 is 9.47 Å². The maximum Gasteiger partial charge on any atom is 0.124 e. The predicted molar refractivity (Wildman–Crippen MR) is 79.1 cm³/mol. The van der Waals surface area contributed by atoms with Crippen LogP contribution in [0.5, 0.6) is 11.5 Å². The lowest BCUT2D eigenvalue weighted by Gasteiger charge is -2.06. The highest BCUT2D eigenvalue weighted by Gasteiger charge is 2.04. The highest BCUT2D eigenvalue weighted by Crippen LogP contribution is 2.28. The molecule has 102 valence electrons. The van der Waals surface area contributed by atoms with Gasteiger partial charge >= 0.3 is 0 Å². The van der Waals surface area contributed by atoms with Crippen LogP contribution in [0.3, 0.4) is 0 Å². The predicted octanol–water partition coefficient (Wildman–Crippen LogP) is 4.63. The van der Waals surface area contributed by atoms with Crippen molar-refractivity contribution in [2.75, 3.05) is 7.11 Å². The average Bonchev–Trinajstić information content (AvgIpc) is 2.87. The number of rotatable bonds is 4. The molecule has 20 heavy (non-hydrogen) atoms. The summed E-state index contributed by atoms with van der Waals surface area (Å²) >= 11 is 1.54. The summed E-state index contributed by atoms with van der Waals surface area (Å²) in [5.41, 5.74) is 0. The van der Waals surface area contributed by atoms with Gasteiger partial charge in [0.1, 0.15) is 23.9 Å². The van der Waals surface area contributed by atoms with Crippen LogP contribution in [-0.2, 0) is 6.61 Å². The molecule has 0 saturated heterocycles. The molecule has 1 heterocycles. The Morgan fingerprint density at radius 1 is 1.05 bits per heavy atom. The van der Waals surface area contributed by atoms with Gasteiger partial charge in [-0.05, 0) is 35.7 Å². The number of benzene rings is 2. The third-order valence-corrected chi connectivity index (χ3v) is 4.03. The Kier molecular flexibility index (Phi) is 3.56. The molecule has 4 heteroatoms. The fourth-order valence-electron chi connectivity index (χ4n) is 1.98. The van der Waals surface area contributed by atoms with E-state index in [1.165, 1.54) is 6.07 Å². The van der Waals surface area contributed by atoms with E-state index in [4.69, 9.17) is 9.47 Å². The van der Waals surface area contributed by atoms with E-state index in [-0.39, 0.29) is 5.82 Å². The van der Waals surface area contributed by atoms with Gasteiger partial charge in [-0.15, -0.1) is 11.3 Å². The summed E-state index contributed by atoms with van der Waals surface area (Å²) in [6.07, 6.45) is 0. The maximum atomic E-state index is 13.1. The van der Waals surface area contributed by atoms with Gasteiger partial charge in [0.05, 0.1) is 7.11 Å². The molecular formula is C16H13FO2S.